The minimum atomic E-state index is 0.449. The normalized spacial score (nSPS) is 10.8. The van der Waals surface area contributed by atoms with Crippen LogP contribution in [0, 0.1) is 13.8 Å². The summed E-state index contributed by atoms with van der Waals surface area (Å²) >= 11 is 5.97. The van der Waals surface area contributed by atoms with Crippen molar-refractivity contribution < 1.29 is 0 Å². The lowest BCUT2D eigenvalue weighted by Crippen LogP contribution is -2.06. The Balaban J connectivity index is 1.89. The molecule has 0 amide bonds. The number of hydrogen-bond acceptors (Lipinski definition) is 4. The number of halogens is 1. The summed E-state index contributed by atoms with van der Waals surface area (Å²) in [5, 5.41) is 13.0. The molecule has 0 saturated heterocycles. The number of fused-ring (bicyclic) bond motifs is 1. The highest BCUT2D eigenvalue weighted by molar-refractivity contribution is 6.30. The first kappa shape index (κ1) is 13.8. The van der Waals surface area contributed by atoms with Crippen LogP contribution < -0.4 is 5.32 Å². The van der Waals surface area contributed by atoms with Crippen LogP contribution in [-0.2, 0) is 6.54 Å². The molecule has 0 atom stereocenters. The van der Waals surface area contributed by atoms with Crippen molar-refractivity contribution in [2.45, 2.75) is 20.4 Å². The quantitative estimate of drug-likeness (QED) is 0.796. The zero-order valence-electron chi connectivity index (χ0n) is 11.9. The summed E-state index contributed by atoms with van der Waals surface area (Å²) in [5.41, 5.74) is 4.10. The van der Waals surface area contributed by atoms with E-state index in [1.165, 1.54) is 0 Å². The van der Waals surface area contributed by atoms with Crippen molar-refractivity contribution in [1.82, 2.24) is 15.2 Å². The topological polar surface area (TPSA) is 50.7 Å². The minimum absolute atomic E-state index is 0.449. The predicted octanol–water partition coefficient (Wildman–Crippen LogP) is 3.91. The molecule has 0 fully saturated rings. The second-order valence-corrected chi connectivity index (χ2v) is 5.29. The van der Waals surface area contributed by atoms with Crippen molar-refractivity contribution in [3.63, 3.8) is 0 Å². The summed E-state index contributed by atoms with van der Waals surface area (Å²) in [4.78, 5) is 4.45. The molecule has 0 bridgehead atoms. The second kappa shape index (κ2) is 5.66. The first-order valence-electron chi connectivity index (χ1n) is 6.72. The van der Waals surface area contributed by atoms with Gasteiger partial charge in [-0.25, -0.2) is 0 Å². The van der Waals surface area contributed by atoms with E-state index in [1.54, 1.807) is 0 Å². The monoisotopic (exact) mass is 298 g/mol. The molecule has 0 aliphatic rings. The van der Waals surface area contributed by atoms with Crippen molar-refractivity contribution >= 4 is 28.3 Å². The molecular formula is C16H15ClN4. The number of hydrogen-bond donors (Lipinski definition) is 1. The molecule has 3 aromatic rings. The molecule has 0 radical (unpaired) electrons. The van der Waals surface area contributed by atoms with E-state index < -0.39 is 0 Å². The molecule has 21 heavy (non-hydrogen) atoms. The predicted molar refractivity (Wildman–Crippen MR) is 85.6 cm³/mol. The number of aromatic nitrogens is 3. The Hall–Kier alpha value is -2.20. The van der Waals surface area contributed by atoms with Gasteiger partial charge < -0.3 is 5.32 Å². The molecule has 5 heteroatoms. The van der Waals surface area contributed by atoms with Gasteiger partial charge in [0, 0.05) is 18.1 Å². The van der Waals surface area contributed by atoms with Gasteiger partial charge in [0.25, 0.3) is 0 Å². The third-order valence-electron chi connectivity index (χ3n) is 3.63. The Labute approximate surface area is 128 Å². The third kappa shape index (κ3) is 2.67. The molecule has 2 aromatic heterocycles. The van der Waals surface area contributed by atoms with Crippen LogP contribution >= 0.6 is 11.6 Å². The smallest absolute Gasteiger partial charge is 0.155 e. The molecular weight excluding hydrogens is 284 g/mol. The van der Waals surface area contributed by atoms with Crippen molar-refractivity contribution in [3.05, 3.63) is 58.4 Å². The summed E-state index contributed by atoms with van der Waals surface area (Å²) in [6.45, 7) is 4.57. The van der Waals surface area contributed by atoms with Crippen LogP contribution in [0.5, 0.6) is 0 Å². The third-order valence-corrected chi connectivity index (χ3v) is 3.99. The first-order valence-corrected chi connectivity index (χ1v) is 7.10. The molecule has 0 unspecified atom stereocenters. The van der Waals surface area contributed by atoms with Crippen molar-refractivity contribution in [3.8, 4) is 0 Å². The average Bonchev–Trinajstić information content (AvgIpc) is 2.52. The lowest BCUT2D eigenvalue weighted by Gasteiger charge is -2.11. The number of nitrogens with zero attached hydrogens (tertiary/aromatic N) is 3. The van der Waals surface area contributed by atoms with Gasteiger partial charge >= 0.3 is 0 Å². The Kier molecular flexibility index (Phi) is 3.71. The van der Waals surface area contributed by atoms with E-state index >= 15 is 0 Å². The zero-order valence-corrected chi connectivity index (χ0v) is 12.6. The van der Waals surface area contributed by atoms with Crippen LogP contribution in [-0.4, -0.2) is 15.2 Å². The molecule has 0 aliphatic heterocycles. The summed E-state index contributed by atoms with van der Waals surface area (Å²) in [6.07, 6.45) is 1.81. The molecule has 1 aromatic carbocycles. The number of benzene rings is 1. The Bertz CT molecular complexity index is 796. The lowest BCUT2D eigenvalue weighted by molar-refractivity contribution is 0.972. The van der Waals surface area contributed by atoms with Gasteiger partial charge in [-0.1, -0.05) is 35.9 Å². The molecule has 1 N–H and O–H groups in total. The van der Waals surface area contributed by atoms with E-state index in [2.05, 4.69) is 38.7 Å². The Morgan fingerprint density at radius 2 is 1.86 bits per heavy atom. The SMILES string of the molecule is Cc1c(Cl)nnc(NCc2cccc3cccnc23)c1C. The van der Waals surface area contributed by atoms with Gasteiger partial charge in [-0.2, -0.15) is 0 Å². The van der Waals surface area contributed by atoms with Gasteiger partial charge in [-0.3, -0.25) is 4.98 Å². The fourth-order valence-corrected chi connectivity index (χ4v) is 2.41. The van der Waals surface area contributed by atoms with Gasteiger partial charge in [-0.15, -0.1) is 10.2 Å². The largest absolute Gasteiger partial charge is 0.364 e. The fraction of sp³-hybridized carbons (Fsp3) is 0.188. The van der Waals surface area contributed by atoms with Crippen molar-refractivity contribution in [2.75, 3.05) is 5.32 Å². The van der Waals surface area contributed by atoms with Gasteiger partial charge in [-0.05, 0) is 36.6 Å². The van der Waals surface area contributed by atoms with Crippen LogP contribution in [0.15, 0.2) is 36.5 Å². The number of anilines is 1. The molecule has 106 valence electrons. The van der Waals surface area contributed by atoms with Gasteiger partial charge in [0.2, 0.25) is 0 Å². The maximum absolute atomic E-state index is 5.97. The highest BCUT2D eigenvalue weighted by Crippen LogP contribution is 2.22. The molecule has 2 heterocycles. The molecule has 0 saturated carbocycles. The highest BCUT2D eigenvalue weighted by Gasteiger charge is 2.08. The summed E-state index contributed by atoms with van der Waals surface area (Å²) in [6, 6.07) is 10.2. The number of rotatable bonds is 3. The number of nitrogens with one attached hydrogen (secondary N) is 1. The van der Waals surface area contributed by atoms with Crippen molar-refractivity contribution in [1.29, 1.82) is 0 Å². The van der Waals surface area contributed by atoms with Crippen LogP contribution in [0.25, 0.3) is 10.9 Å². The van der Waals surface area contributed by atoms with Gasteiger partial charge in [0.05, 0.1) is 5.52 Å². The van der Waals surface area contributed by atoms with E-state index in [0.29, 0.717) is 11.7 Å². The summed E-state index contributed by atoms with van der Waals surface area (Å²) < 4.78 is 0. The van der Waals surface area contributed by atoms with E-state index in [1.807, 2.05) is 32.2 Å². The van der Waals surface area contributed by atoms with E-state index in [4.69, 9.17) is 11.6 Å². The summed E-state index contributed by atoms with van der Waals surface area (Å²) in [5.74, 6) is 0.754. The minimum Gasteiger partial charge on any atom is -0.364 e. The lowest BCUT2D eigenvalue weighted by atomic mass is 10.1. The Morgan fingerprint density at radius 1 is 1.05 bits per heavy atom. The maximum atomic E-state index is 5.97. The maximum Gasteiger partial charge on any atom is 0.155 e. The fourth-order valence-electron chi connectivity index (χ4n) is 2.23. The zero-order chi connectivity index (χ0) is 14.8. The van der Waals surface area contributed by atoms with Crippen LogP contribution in [0.2, 0.25) is 5.15 Å². The van der Waals surface area contributed by atoms with E-state index in [0.717, 1.165) is 33.4 Å². The first-order chi connectivity index (χ1) is 10.2. The molecule has 4 nitrogen and oxygen atoms in total. The van der Waals surface area contributed by atoms with Gasteiger partial charge in [0.1, 0.15) is 0 Å². The Morgan fingerprint density at radius 3 is 2.71 bits per heavy atom. The highest BCUT2D eigenvalue weighted by atomic mass is 35.5. The van der Waals surface area contributed by atoms with Crippen LogP contribution in [0.4, 0.5) is 5.82 Å². The number of pyridine rings is 1. The van der Waals surface area contributed by atoms with Crippen molar-refractivity contribution in [2.24, 2.45) is 0 Å². The number of para-hydroxylation sites is 1. The second-order valence-electron chi connectivity index (χ2n) is 4.94. The standard InChI is InChI=1S/C16H15ClN4/c1-10-11(2)16(21-20-15(10)17)19-9-13-6-3-5-12-7-4-8-18-14(12)13/h3-8H,9H2,1-2H3,(H,19,21). The van der Waals surface area contributed by atoms with Gasteiger partial charge in [0.15, 0.2) is 11.0 Å². The summed E-state index contributed by atoms with van der Waals surface area (Å²) in [7, 11) is 0. The van der Waals surface area contributed by atoms with Crippen LogP contribution in [0.3, 0.4) is 0 Å². The average molecular weight is 299 g/mol. The molecule has 0 spiro atoms. The molecule has 0 aliphatic carbocycles. The molecule has 3 rings (SSSR count). The van der Waals surface area contributed by atoms with Crippen LogP contribution in [0.1, 0.15) is 16.7 Å². The van der Waals surface area contributed by atoms with E-state index in [9.17, 15) is 0 Å². The van der Waals surface area contributed by atoms with E-state index in [-0.39, 0.29) is 0 Å².